The maximum Gasteiger partial charge on any atom is 0.422 e. The fraction of sp³-hybridized carbons (Fsp3) is 0.125. The van der Waals surface area contributed by atoms with Crippen molar-refractivity contribution in [2.45, 2.75) is 6.18 Å². The normalized spacial score (nSPS) is 11.3. The van der Waals surface area contributed by atoms with Crippen LogP contribution in [-0.4, -0.2) is 23.7 Å². The van der Waals surface area contributed by atoms with Crippen molar-refractivity contribution in [3.05, 3.63) is 52.9 Å². The molecule has 0 fully saturated rings. The minimum absolute atomic E-state index is 0.0769. The van der Waals surface area contributed by atoms with E-state index in [4.69, 9.17) is 0 Å². The molecule has 0 aliphatic carbocycles. The third-order valence-electron chi connectivity index (χ3n) is 2.98. The summed E-state index contributed by atoms with van der Waals surface area (Å²) in [6.07, 6.45) is -2.89. The van der Waals surface area contributed by atoms with Gasteiger partial charge in [-0.25, -0.2) is 4.98 Å². The number of thiophene rings is 1. The summed E-state index contributed by atoms with van der Waals surface area (Å²) in [5.74, 6) is -0.252. The number of alkyl halides is 3. The number of carbonyl (C=O) groups is 1. The molecule has 2 heterocycles. The average molecular weight is 384 g/mol. The van der Waals surface area contributed by atoms with Crippen molar-refractivity contribution in [2.24, 2.45) is 0 Å². The molecule has 3 aromatic rings. The highest BCUT2D eigenvalue weighted by molar-refractivity contribution is 7.22. The van der Waals surface area contributed by atoms with Crippen LogP contribution in [0, 0.1) is 0 Å². The van der Waals surface area contributed by atoms with Crippen molar-refractivity contribution in [3.8, 4) is 15.6 Å². The van der Waals surface area contributed by atoms with Gasteiger partial charge in [0.2, 0.25) is 0 Å². The highest BCUT2D eigenvalue weighted by atomic mass is 32.1. The van der Waals surface area contributed by atoms with Gasteiger partial charge in [-0.1, -0.05) is 6.07 Å². The zero-order valence-corrected chi connectivity index (χ0v) is 14.2. The Balaban J connectivity index is 1.61. The number of benzene rings is 1. The first-order valence-electron chi connectivity index (χ1n) is 7.01. The van der Waals surface area contributed by atoms with Crippen molar-refractivity contribution in [2.75, 3.05) is 11.9 Å². The second-order valence-corrected chi connectivity index (χ2v) is 6.87. The smallest absolute Gasteiger partial charge is 0.422 e. The number of nitrogens with one attached hydrogen (secondary N) is 1. The number of hydrogen-bond donors (Lipinski definition) is 1. The molecule has 0 atom stereocenters. The molecule has 1 N–H and O–H groups in total. The number of halogens is 3. The van der Waals surface area contributed by atoms with E-state index in [1.807, 2.05) is 17.5 Å². The maximum absolute atomic E-state index is 12.2. The van der Waals surface area contributed by atoms with Crippen LogP contribution in [0.1, 0.15) is 9.67 Å². The molecule has 4 nitrogen and oxygen atoms in total. The van der Waals surface area contributed by atoms with Gasteiger partial charge < -0.3 is 10.1 Å². The van der Waals surface area contributed by atoms with E-state index < -0.39 is 12.8 Å². The van der Waals surface area contributed by atoms with Crippen LogP contribution in [0.3, 0.4) is 0 Å². The SMILES string of the molecule is O=C(Nc1ccc(OCC(F)(F)F)cc1)c1cnc(-c2cccs2)s1. The number of thiazole rings is 1. The predicted molar refractivity (Wildman–Crippen MR) is 91.4 cm³/mol. The minimum atomic E-state index is -4.39. The second-order valence-electron chi connectivity index (χ2n) is 4.89. The molecular weight excluding hydrogens is 373 g/mol. The summed E-state index contributed by atoms with van der Waals surface area (Å²) in [7, 11) is 0. The van der Waals surface area contributed by atoms with Gasteiger partial charge in [0.05, 0.1) is 11.1 Å². The summed E-state index contributed by atoms with van der Waals surface area (Å²) >= 11 is 2.80. The van der Waals surface area contributed by atoms with E-state index in [1.54, 1.807) is 0 Å². The van der Waals surface area contributed by atoms with E-state index in [1.165, 1.54) is 53.1 Å². The Bertz CT molecular complexity index is 843. The van der Waals surface area contributed by atoms with E-state index >= 15 is 0 Å². The number of ether oxygens (including phenoxy) is 1. The molecule has 2 aromatic heterocycles. The zero-order valence-electron chi connectivity index (χ0n) is 12.5. The lowest BCUT2D eigenvalue weighted by molar-refractivity contribution is -0.153. The van der Waals surface area contributed by atoms with Gasteiger partial charge in [0, 0.05) is 5.69 Å². The molecule has 0 saturated heterocycles. The molecular formula is C16H11F3N2O2S2. The molecule has 130 valence electrons. The van der Waals surface area contributed by atoms with Crippen LogP contribution in [-0.2, 0) is 0 Å². The summed E-state index contributed by atoms with van der Waals surface area (Å²) in [5.41, 5.74) is 0.454. The van der Waals surface area contributed by atoms with E-state index in [0.717, 1.165) is 9.88 Å². The van der Waals surface area contributed by atoms with Crippen molar-refractivity contribution in [1.82, 2.24) is 4.98 Å². The number of nitrogens with zero attached hydrogens (tertiary/aromatic N) is 1. The number of anilines is 1. The summed E-state index contributed by atoms with van der Waals surface area (Å²) in [6, 6.07) is 9.51. The van der Waals surface area contributed by atoms with Gasteiger partial charge in [-0.3, -0.25) is 4.79 Å². The largest absolute Gasteiger partial charge is 0.484 e. The second kappa shape index (κ2) is 7.24. The fourth-order valence-electron chi connectivity index (χ4n) is 1.89. The Morgan fingerprint density at radius 1 is 1.20 bits per heavy atom. The third-order valence-corrected chi connectivity index (χ3v) is 5.01. The van der Waals surface area contributed by atoms with Gasteiger partial charge in [-0.2, -0.15) is 13.2 Å². The Morgan fingerprint density at radius 2 is 1.96 bits per heavy atom. The van der Waals surface area contributed by atoms with Gasteiger partial charge >= 0.3 is 6.18 Å². The predicted octanol–water partition coefficient (Wildman–Crippen LogP) is 5.07. The van der Waals surface area contributed by atoms with Crippen molar-refractivity contribution >= 4 is 34.3 Å². The molecule has 9 heteroatoms. The van der Waals surface area contributed by atoms with Gasteiger partial charge in [-0.05, 0) is 35.7 Å². The molecule has 1 aromatic carbocycles. The third kappa shape index (κ3) is 4.80. The van der Waals surface area contributed by atoms with Crippen LogP contribution in [0.25, 0.3) is 9.88 Å². The number of amides is 1. The number of aromatic nitrogens is 1. The van der Waals surface area contributed by atoms with Crippen LogP contribution in [0.5, 0.6) is 5.75 Å². The zero-order chi connectivity index (χ0) is 17.9. The lowest BCUT2D eigenvalue weighted by atomic mass is 10.3. The van der Waals surface area contributed by atoms with E-state index in [9.17, 15) is 18.0 Å². The van der Waals surface area contributed by atoms with E-state index in [0.29, 0.717) is 10.6 Å². The summed E-state index contributed by atoms with van der Waals surface area (Å²) in [6.45, 7) is -1.36. The van der Waals surface area contributed by atoms with Crippen LogP contribution in [0.4, 0.5) is 18.9 Å². The average Bonchev–Trinajstić information content (AvgIpc) is 3.24. The number of rotatable bonds is 5. The van der Waals surface area contributed by atoms with Crippen LogP contribution < -0.4 is 10.1 Å². The van der Waals surface area contributed by atoms with Gasteiger partial charge in [0.25, 0.3) is 5.91 Å². The van der Waals surface area contributed by atoms with Gasteiger partial charge in [-0.15, -0.1) is 22.7 Å². The van der Waals surface area contributed by atoms with E-state index in [2.05, 4.69) is 15.0 Å². The topological polar surface area (TPSA) is 51.2 Å². The highest BCUT2D eigenvalue weighted by Crippen LogP contribution is 2.29. The van der Waals surface area contributed by atoms with Crippen LogP contribution in [0.15, 0.2) is 48.0 Å². The molecule has 3 rings (SSSR count). The number of hydrogen-bond acceptors (Lipinski definition) is 5. The molecule has 0 aliphatic rings. The van der Waals surface area contributed by atoms with Crippen LogP contribution in [0.2, 0.25) is 0 Å². The minimum Gasteiger partial charge on any atom is -0.484 e. The molecule has 0 spiro atoms. The molecule has 0 bridgehead atoms. The van der Waals surface area contributed by atoms with Gasteiger partial charge in [0.1, 0.15) is 15.6 Å². The molecule has 25 heavy (non-hydrogen) atoms. The van der Waals surface area contributed by atoms with E-state index in [-0.39, 0.29) is 11.7 Å². The molecule has 0 saturated carbocycles. The summed E-state index contributed by atoms with van der Waals surface area (Å²) < 4.78 is 40.9. The lowest BCUT2D eigenvalue weighted by Crippen LogP contribution is -2.19. The Morgan fingerprint density at radius 3 is 2.60 bits per heavy atom. The fourth-order valence-corrected chi connectivity index (χ4v) is 3.50. The standard InChI is InChI=1S/C16H11F3N2O2S2/c17-16(18,19)9-23-11-5-3-10(4-6-11)21-14(22)13-8-20-15(25-13)12-2-1-7-24-12/h1-8H,9H2,(H,21,22). The summed E-state index contributed by atoms with van der Waals surface area (Å²) in [5, 5.41) is 5.36. The monoisotopic (exact) mass is 384 g/mol. The van der Waals surface area contributed by atoms with Crippen LogP contribution >= 0.6 is 22.7 Å². The summed E-state index contributed by atoms with van der Waals surface area (Å²) in [4.78, 5) is 17.9. The quantitative estimate of drug-likeness (QED) is 0.669. The van der Waals surface area contributed by atoms with Crippen molar-refractivity contribution in [3.63, 3.8) is 0 Å². The Kier molecular flexibility index (Phi) is 5.05. The first-order chi connectivity index (χ1) is 11.9. The molecule has 1 amide bonds. The number of carbonyl (C=O) groups excluding carboxylic acids is 1. The molecule has 0 aliphatic heterocycles. The van der Waals surface area contributed by atoms with Crippen molar-refractivity contribution in [1.29, 1.82) is 0 Å². The van der Waals surface area contributed by atoms with Crippen molar-refractivity contribution < 1.29 is 22.7 Å². The highest BCUT2D eigenvalue weighted by Gasteiger charge is 2.28. The first kappa shape index (κ1) is 17.4. The lowest BCUT2D eigenvalue weighted by Gasteiger charge is -2.09. The molecule has 0 radical (unpaired) electrons. The Labute approximate surface area is 148 Å². The Hall–Kier alpha value is -2.39. The first-order valence-corrected chi connectivity index (χ1v) is 8.71. The maximum atomic E-state index is 12.2. The van der Waals surface area contributed by atoms with Gasteiger partial charge in [0.15, 0.2) is 6.61 Å². The molecule has 0 unspecified atom stereocenters.